The smallest absolute Gasteiger partial charge is 0.444 e. The second-order valence-corrected chi connectivity index (χ2v) is 2.72. The Labute approximate surface area is 68.8 Å². The maximum absolute atomic E-state index is 12.1. The van der Waals surface area contributed by atoms with E-state index in [1.807, 2.05) is 0 Å². The first-order valence-corrected chi connectivity index (χ1v) is 3.47. The average Bonchev–Trinajstić information content (AvgIpc) is 2.08. The molecule has 1 aromatic rings. The number of hydrogen-bond acceptors (Lipinski definition) is 2. The molecule has 62 valence electrons. The minimum Gasteiger partial charge on any atom is -0.444 e. The summed E-state index contributed by atoms with van der Waals surface area (Å²) < 4.78 is 36.7. The molecule has 0 aliphatic heterocycles. The van der Waals surface area contributed by atoms with Gasteiger partial charge in [-0.2, -0.15) is 0 Å². The first-order chi connectivity index (χ1) is 4.93. The summed E-state index contributed by atoms with van der Waals surface area (Å²) in [4.78, 5) is 0. The van der Waals surface area contributed by atoms with Gasteiger partial charge in [-0.25, -0.2) is 0 Å². The van der Waals surface area contributed by atoms with Crippen LogP contribution in [-0.4, -0.2) is 22.0 Å². The van der Waals surface area contributed by atoms with Crippen LogP contribution in [-0.2, 0) is 7.05 Å². The van der Waals surface area contributed by atoms with Crippen LogP contribution >= 0.6 is 15.9 Å². The van der Waals surface area contributed by atoms with Crippen molar-refractivity contribution in [3.63, 3.8) is 0 Å². The van der Waals surface area contributed by atoms with E-state index in [-0.39, 0.29) is 4.60 Å². The molecule has 0 radical (unpaired) electrons. The van der Waals surface area contributed by atoms with Gasteiger partial charge in [0.05, 0.1) is 0 Å². The largest absolute Gasteiger partial charge is 0.530 e. The molecule has 1 aromatic heterocycles. The lowest BCUT2D eigenvalue weighted by molar-refractivity contribution is 0.492. The molecule has 0 N–H and O–H groups in total. The van der Waals surface area contributed by atoms with Gasteiger partial charge in [0.2, 0.25) is 0 Å². The first kappa shape index (κ1) is 8.57. The fraction of sp³-hybridized carbons (Fsp3) is 0.333. The van der Waals surface area contributed by atoms with Crippen molar-refractivity contribution in [1.82, 2.24) is 15.0 Å². The van der Waals surface area contributed by atoms with Crippen LogP contribution in [0.4, 0.5) is 12.9 Å². The van der Waals surface area contributed by atoms with Gasteiger partial charge in [0, 0.05) is 12.6 Å². The number of aryl methyl sites for hydroxylation is 1. The molecule has 0 bridgehead atoms. The molecule has 1 rings (SSSR count). The maximum Gasteiger partial charge on any atom is 0.530 e. The van der Waals surface area contributed by atoms with Gasteiger partial charge in [-0.15, -0.1) is 5.10 Å². The summed E-state index contributed by atoms with van der Waals surface area (Å²) in [6.45, 7) is -5.02. The van der Waals surface area contributed by atoms with Crippen LogP contribution in [0.5, 0.6) is 0 Å². The molecule has 0 saturated heterocycles. The van der Waals surface area contributed by atoms with Crippen LogP contribution in [0.25, 0.3) is 0 Å². The van der Waals surface area contributed by atoms with Gasteiger partial charge in [-0.3, -0.25) is 4.68 Å². The van der Waals surface area contributed by atoms with E-state index < -0.39 is 12.6 Å². The van der Waals surface area contributed by atoms with E-state index in [0.29, 0.717) is 4.68 Å². The normalized spacial score (nSPS) is 12.1. The Kier molecular flexibility index (Phi) is 1.95. The van der Waals surface area contributed by atoms with Gasteiger partial charge in [0.1, 0.15) is 4.60 Å². The summed E-state index contributed by atoms with van der Waals surface area (Å²) in [6, 6.07) is 0. The fourth-order valence-corrected chi connectivity index (χ4v) is 1.27. The standard InChI is InChI=1S/C3H3BBrF3N3/c1-11-2(4(6,7)8)3(5)9-10-11/h1H3/q-1. The quantitative estimate of drug-likeness (QED) is 0.661. The number of hydrogen-bond donors (Lipinski definition) is 0. The van der Waals surface area contributed by atoms with Crippen LogP contribution < -0.4 is 5.59 Å². The van der Waals surface area contributed by atoms with Gasteiger partial charge < -0.3 is 12.9 Å². The topological polar surface area (TPSA) is 30.7 Å². The fourth-order valence-electron chi connectivity index (χ4n) is 0.686. The Balaban J connectivity index is 3.21. The van der Waals surface area contributed by atoms with Crippen molar-refractivity contribution in [1.29, 1.82) is 0 Å². The van der Waals surface area contributed by atoms with Crippen LogP contribution in [0, 0.1) is 0 Å². The van der Waals surface area contributed by atoms with Crippen molar-refractivity contribution in [3.8, 4) is 0 Å². The molecule has 0 amide bonds. The van der Waals surface area contributed by atoms with Gasteiger partial charge >= 0.3 is 6.98 Å². The van der Waals surface area contributed by atoms with E-state index in [0.717, 1.165) is 0 Å². The number of rotatable bonds is 1. The Hall–Kier alpha value is -0.525. The molecule has 11 heavy (non-hydrogen) atoms. The van der Waals surface area contributed by atoms with E-state index in [1.165, 1.54) is 7.05 Å². The van der Waals surface area contributed by atoms with Crippen molar-refractivity contribution in [3.05, 3.63) is 4.60 Å². The second-order valence-electron chi connectivity index (χ2n) is 1.96. The molecule has 0 unspecified atom stereocenters. The molecule has 3 nitrogen and oxygen atoms in total. The first-order valence-electron chi connectivity index (χ1n) is 2.68. The van der Waals surface area contributed by atoms with Gasteiger partial charge in [-0.1, -0.05) is 5.21 Å². The summed E-state index contributed by atoms with van der Waals surface area (Å²) >= 11 is 2.65. The van der Waals surface area contributed by atoms with E-state index >= 15 is 0 Å². The highest BCUT2D eigenvalue weighted by Crippen LogP contribution is 2.13. The predicted octanol–water partition coefficient (Wildman–Crippen LogP) is 0.632. The molecule has 0 aliphatic carbocycles. The van der Waals surface area contributed by atoms with Crippen LogP contribution in [0.15, 0.2) is 4.60 Å². The number of halogens is 4. The Morgan fingerprint density at radius 2 is 2.00 bits per heavy atom. The van der Waals surface area contributed by atoms with E-state index in [1.54, 1.807) is 0 Å². The Morgan fingerprint density at radius 3 is 2.18 bits per heavy atom. The monoisotopic (exact) mass is 228 g/mol. The molecule has 0 aromatic carbocycles. The molecule has 0 saturated carbocycles. The number of aromatic nitrogens is 3. The third kappa shape index (κ3) is 1.55. The second kappa shape index (κ2) is 2.51. The lowest BCUT2D eigenvalue weighted by Crippen LogP contribution is -2.40. The summed E-state index contributed by atoms with van der Waals surface area (Å²) in [7, 11) is 1.20. The van der Waals surface area contributed by atoms with Crippen molar-refractivity contribution in [2.24, 2.45) is 7.05 Å². The van der Waals surface area contributed by atoms with Crippen molar-refractivity contribution < 1.29 is 12.9 Å². The average molecular weight is 229 g/mol. The molecule has 0 fully saturated rings. The van der Waals surface area contributed by atoms with Crippen LogP contribution in [0.1, 0.15) is 0 Å². The van der Waals surface area contributed by atoms with Crippen LogP contribution in [0.2, 0.25) is 0 Å². The van der Waals surface area contributed by atoms with Crippen molar-refractivity contribution >= 4 is 28.5 Å². The van der Waals surface area contributed by atoms with Crippen molar-refractivity contribution in [2.45, 2.75) is 0 Å². The third-order valence-corrected chi connectivity index (χ3v) is 1.70. The molecule has 0 spiro atoms. The Morgan fingerprint density at radius 1 is 1.45 bits per heavy atom. The highest BCUT2D eigenvalue weighted by atomic mass is 79.9. The summed E-state index contributed by atoms with van der Waals surface area (Å²) in [5.74, 6) is 0. The third-order valence-electron chi connectivity index (χ3n) is 1.14. The van der Waals surface area contributed by atoms with E-state index in [4.69, 9.17) is 0 Å². The Bertz CT molecular complexity index is 250. The molecule has 8 heteroatoms. The highest BCUT2D eigenvalue weighted by Gasteiger charge is 2.32. The summed E-state index contributed by atoms with van der Waals surface area (Å²) in [6.07, 6.45) is 0. The predicted molar refractivity (Wildman–Crippen MR) is 37.4 cm³/mol. The zero-order chi connectivity index (χ0) is 8.65. The molecule has 0 atom stereocenters. The van der Waals surface area contributed by atoms with Crippen molar-refractivity contribution in [2.75, 3.05) is 0 Å². The molecular formula is C3H3BBrF3N3-. The molecular weight excluding hydrogens is 226 g/mol. The van der Waals surface area contributed by atoms with Crippen LogP contribution in [0.3, 0.4) is 0 Å². The lowest BCUT2D eigenvalue weighted by atomic mass is 9.87. The van der Waals surface area contributed by atoms with Gasteiger partial charge in [0.15, 0.2) is 0 Å². The summed E-state index contributed by atoms with van der Waals surface area (Å²) in [5.41, 5.74) is -0.815. The van der Waals surface area contributed by atoms with Gasteiger partial charge in [-0.05, 0) is 15.9 Å². The lowest BCUT2D eigenvalue weighted by Gasteiger charge is -2.13. The minimum absolute atomic E-state index is 0.257. The highest BCUT2D eigenvalue weighted by molar-refractivity contribution is 9.10. The minimum atomic E-state index is -5.02. The van der Waals surface area contributed by atoms with Gasteiger partial charge in [0.25, 0.3) is 0 Å². The van der Waals surface area contributed by atoms with E-state index in [2.05, 4.69) is 26.2 Å². The SMILES string of the molecule is Cn1nnc(Br)c1[B-](F)(F)F. The zero-order valence-electron chi connectivity index (χ0n) is 5.43. The zero-order valence-corrected chi connectivity index (χ0v) is 7.02. The maximum atomic E-state index is 12.1. The number of nitrogens with zero attached hydrogens (tertiary/aromatic N) is 3. The summed E-state index contributed by atoms with van der Waals surface area (Å²) in [5, 5.41) is 6.41. The van der Waals surface area contributed by atoms with E-state index in [9.17, 15) is 12.9 Å². The molecule has 0 aliphatic rings. The molecule has 1 heterocycles.